The van der Waals surface area contributed by atoms with Crippen LogP contribution in [0, 0.1) is 5.82 Å². The van der Waals surface area contributed by atoms with Crippen LogP contribution in [0.25, 0.3) is 0 Å². The molecule has 1 unspecified atom stereocenters. The van der Waals surface area contributed by atoms with Gasteiger partial charge in [-0.15, -0.1) is 0 Å². The summed E-state index contributed by atoms with van der Waals surface area (Å²) in [5, 5.41) is 0. The quantitative estimate of drug-likeness (QED) is 0.718. The molecule has 0 bridgehead atoms. The molecule has 1 aliphatic rings. The summed E-state index contributed by atoms with van der Waals surface area (Å²) >= 11 is 3.54. The van der Waals surface area contributed by atoms with E-state index in [-0.39, 0.29) is 5.82 Å². The lowest BCUT2D eigenvalue weighted by Crippen LogP contribution is -2.33. The van der Waals surface area contributed by atoms with E-state index in [0.717, 1.165) is 23.1 Å². The zero-order valence-corrected chi connectivity index (χ0v) is 12.8. The van der Waals surface area contributed by atoms with E-state index in [1.54, 1.807) is 12.1 Å². The Morgan fingerprint density at radius 1 is 1.05 bits per heavy atom. The highest BCUT2D eigenvalue weighted by atomic mass is 79.9. The Morgan fingerprint density at radius 2 is 1.90 bits per heavy atom. The molecule has 2 aromatic rings. The third-order valence-corrected chi connectivity index (χ3v) is 4.37. The maximum atomic E-state index is 13.5. The Bertz CT molecular complexity index is 546. The van der Waals surface area contributed by atoms with Crippen molar-refractivity contribution in [3.63, 3.8) is 0 Å². The molecule has 1 nitrogen and oxygen atoms in total. The molecule has 0 aliphatic carbocycles. The van der Waals surface area contributed by atoms with Gasteiger partial charge in [0.05, 0.1) is 6.04 Å². The van der Waals surface area contributed by atoms with Gasteiger partial charge in [-0.05, 0) is 55.2 Å². The highest BCUT2D eigenvalue weighted by Gasteiger charge is 2.24. The number of rotatable bonds is 2. The van der Waals surface area contributed by atoms with Crippen molar-refractivity contribution in [1.29, 1.82) is 0 Å². The summed E-state index contributed by atoms with van der Waals surface area (Å²) in [6.07, 6.45) is 3.51. The lowest BCUT2D eigenvalue weighted by atomic mass is 9.94. The van der Waals surface area contributed by atoms with E-state index < -0.39 is 0 Å². The number of anilines is 1. The summed E-state index contributed by atoms with van der Waals surface area (Å²) < 4.78 is 14.6. The first kappa shape index (κ1) is 13.6. The van der Waals surface area contributed by atoms with Crippen molar-refractivity contribution < 1.29 is 4.39 Å². The zero-order chi connectivity index (χ0) is 13.9. The minimum Gasteiger partial charge on any atom is -0.364 e. The Morgan fingerprint density at radius 3 is 2.70 bits per heavy atom. The molecule has 2 aromatic carbocycles. The normalized spacial score (nSPS) is 19.1. The van der Waals surface area contributed by atoms with Crippen LogP contribution >= 0.6 is 15.9 Å². The van der Waals surface area contributed by atoms with Crippen molar-refractivity contribution >= 4 is 21.6 Å². The second-order valence-electron chi connectivity index (χ2n) is 5.24. The predicted molar refractivity (Wildman–Crippen MR) is 84.5 cm³/mol. The van der Waals surface area contributed by atoms with Gasteiger partial charge in [-0.25, -0.2) is 4.39 Å². The molecule has 20 heavy (non-hydrogen) atoms. The molecule has 3 rings (SSSR count). The van der Waals surface area contributed by atoms with Gasteiger partial charge in [0.15, 0.2) is 0 Å². The highest BCUT2D eigenvalue weighted by Crippen LogP contribution is 2.35. The largest absolute Gasteiger partial charge is 0.364 e. The number of hydrogen-bond donors (Lipinski definition) is 0. The molecule has 0 N–H and O–H groups in total. The molecular formula is C17H17BrFN. The van der Waals surface area contributed by atoms with Crippen LogP contribution in [0.1, 0.15) is 30.9 Å². The number of piperidine rings is 1. The number of halogens is 2. The molecule has 0 aromatic heterocycles. The molecule has 0 spiro atoms. The summed E-state index contributed by atoms with van der Waals surface area (Å²) in [4.78, 5) is 2.33. The third kappa shape index (κ3) is 2.88. The maximum absolute atomic E-state index is 13.5. The van der Waals surface area contributed by atoms with E-state index in [1.807, 2.05) is 12.1 Å². The van der Waals surface area contributed by atoms with Crippen molar-refractivity contribution in [3.05, 3.63) is 64.4 Å². The Balaban J connectivity index is 1.95. The van der Waals surface area contributed by atoms with Crippen LogP contribution in [0.3, 0.4) is 0 Å². The molecule has 1 atom stereocenters. The van der Waals surface area contributed by atoms with Crippen molar-refractivity contribution in [2.24, 2.45) is 0 Å². The highest BCUT2D eigenvalue weighted by molar-refractivity contribution is 9.10. The second kappa shape index (κ2) is 5.96. The summed E-state index contributed by atoms with van der Waals surface area (Å²) in [6, 6.07) is 15.7. The van der Waals surface area contributed by atoms with E-state index in [4.69, 9.17) is 0 Å². The summed E-state index contributed by atoms with van der Waals surface area (Å²) in [5.74, 6) is -0.166. The Labute approximate surface area is 127 Å². The first-order chi connectivity index (χ1) is 9.74. The fourth-order valence-electron chi connectivity index (χ4n) is 2.96. The van der Waals surface area contributed by atoms with Gasteiger partial charge in [-0.1, -0.05) is 34.1 Å². The van der Waals surface area contributed by atoms with Crippen LogP contribution < -0.4 is 4.90 Å². The molecule has 0 saturated carbocycles. The summed E-state index contributed by atoms with van der Waals surface area (Å²) in [5.41, 5.74) is 2.28. The third-order valence-electron chi connectivity index (χ3n) is 3.88. The van der Waals surface area contributed by atoms with Gasteiger partial charge in [0.25, 0.3) is 0 Å². The lowest BCUT2D eigenvalue weighted by molar-refractivity contribution is 0.472. The van der Waals surface area contributed by atoms with E-state index >= 15 is 0 Å². The van der Waals surface area contributed by atoms with Crippen molar-refractivity contribution in [3.8, 4) is 0 Å². The van der Waals surface area contributed by atoms with E-state index in [2.05, 4.69) is 39.0 Å². The van der Waals surface area contributed by atoms with E-state index in [0.29, 0.717) is 6.04 Å². The second-order valence-corrected chi connectivity index (χ2v) is 6.16. The SMILES string of the molecule is Fc1cccc(N2CCCCC2c2cccc(Br)c2)c1. The van der Waals surface area contributed by atoms with Gasteiger partial charge in [0, 0.05) is 16.7 Å². The van der Waals surface area contributed by atoms with E-state index in [1.165, 1.54) is 24.5 Å². The Hall–Kier alpha value is -1.35. The first-order valence-electron chi connectivity index (χ1n) is 7.02. The van der Waals surface area contributed by atoms with Gasteiger partial charge in [-0.3, -0.25) is 0 Å². The van der Waals surface area contributed by atoms with E-state index in [9.17, 15) is 4.39 Å². The Kier molecular flexibility index (Phi) is 4.06. The number of benzene rings is 2. The molecule has 1 heterocycles. The molecular weight excluding hydrogens is 317 g/mol. The minimum absolute atomic E-state index is 0.166. The molecule has 1 fully saturated rings. The van der Waals surface area contributed by atoms with Gasteiger partial charge >= 0.3 is 0 Å². The summed E-state index contributed by atoms with van der Waals surface area (Å²) in [6.45, 7) is 0.987. The van der Waals surface area contributed by atoms with Crippen LogP contribution in [0.5, 0.6) is 0 Å². The standard InChI is InChI=1S/C17H17BrFN/c18-14-6-3-5-13(11-14)17-9-1-2-10-20(17)16-8-4-7-15(19)12-16/h3-8,11-12,17H,1-2,9-10H2. The van der Waals surface area contributed by atoms with Gasteiger partial charge in [-0.2, -0.15) is 0 Å². The molecule has 1 aliphatic heterocycles. The van der Waals surface area contributed by atoms with Gasteiger partial charge in [0.1, 0.15) is 5.82 Å². The monoisotopic (exact) mass is 333 g/mol. The molecule has 3 heteroatoms. The molecule has 0 radical (unpaired) electrons. The molecule has 104 valence electrons. The maximum Gasteiger partial charge on any atom is 0.125 e. The predicted octanol–water partition coefficient (Wildman–Crippen LogP) is 5.32. The van der Waals surface area contributed by atoms with Crippen molar-refractivity contribution in [1.82, 2.24) is 0 Å². The van der Waals surface area contributed by atoms with Gasteiger partial charge < -0.3 is 4.90 Å². The number of hydrogen-bond acceptors (Lipinski definition) is 1. The van der Waals surface area contributed by atoms with Crippen LogP contribution in [0.15, 0.2) is 53.0 Å². The fraction of sp³-hybridized carbons (Fsp3) is 0.294. The molecule has 0 amide bonds. The molecule has 1 saturated heterocycles. The van der Waals surface area contributed by atoms with Crippen molar-refractivity contribution in [2.45, 2.75) is 25.3 Å². The average molecular weight is 334 g/mol. The number of nitrogens with zero attached hydrogens (tertiary/aromatic N) is 1. The first-order valence-corrected chi connectivity index (χ1v) is 7.81. The smallest absolute Gasteiger partial charge is 0.125 e. The van der Waals surface area contributed by atoms with Crippen molar-refractivity contribution in [2.75, 3.05) is 11.4 Å². The lowest BCUT2D eigenvalue weighted by Gasteiger charge is -2.38. The topological polar surface area (TPSA) is 3.24 Å². The van der Waals surface area contributed by atoms with Crippen LogP contribution in [0.4, 0.5) is 10.1 Å². The van der Waals surface area contributed by atoms with Gasteiger partial charge in [0.2, 0.25) is 0 Å². The van der Waals surface area contributed by atoms with Crippen LogP contribution in [-0.4, -0.2) is 6.54 Å². The van der Waals surface area contributed by atoms with Crippen LogP contribution in [-0.2, 0) is 0 Å². The fourth-order valence-corrected chi connectivity index (χ4v) is 3.37. The minimum atomic E-state index is -0.166. The average Bonchev–Trinajstić information content (AvgIpc) is 2.47. The summed E-state index contributed by atoms with van der Waals surface area (Å²) in [7, 11) is 0. The zero-order valence-electron chi connectivity index (χ0n) is 11.2. The van der Waals surface area contributed by atoms with Crippen LogP contribution in [0.2, 0.25) is 0 Å².